The molecule has 10 nitrogen and oxygen atoms in total. The van der Waals surface area contributed by atoms with Crippen LogP contribution in [0, 0.1) is 0 Å². The Kier molecular flexibility index (Phi) is 4.16. The Balaban J connectivity index is 1.33. The number of fused-ring (bicyclic) bond motifs is 1. The van der Waals surface area contributed by atoms with Gasteiger partial charge >= 0.3 is 6.43 Å². The van der Waals surface area contributed by atoms with Gasteiger partial charge in [-0.25, -0.2) is 9.67 Å². The van der Waals surface area contributed by atoms with E-state index in [4.69, 9.17) is 10.2 Å². The van der Waals surface area contributed by atoms with Crippen molar-refractivity contribution in [2.24, 2.45) is 0 Å². The summed E-state index contributed by atoms with van der Waals surface area (Å²) in [5.41, 5.74) is 9.96. The first-order chi connectivity index (χ1) is 14.5. The van der Waals surface area contributed by atoms with Crippen LogP contribution in [-0.4, -0.2) is 40.1 Å². The van der Waals surface area contributed by atoms with Gasteiger partial charge in [-0.3, -0.25) is 4.98 Å². The number of benzene rings is 1. The molecule has 0 unspecified atom stereocenters. The minimum Gasteiger partial charge on any atom is -0.415 e. The normalized spacial score (nSPS) is 11.6. The van der Waals surface area contributed by atoms with Crippen molar-refractivity contribution in [3.63, 3.8) is 0 Å². The van der Waals surface area contributed by atoms with Gasteiger partial charge in [-0.2, -0.15) is 8.78 Å². The molecule has 0 saturated heterocycles. The fourth-order valence-electron chi connectivity index (χ4n) is 2.95. The average Bonchev–Trinajstić information content (AvgIpc) is 3.47. The average molecular weight is 409 g/mol. The minimum absolute atomic E-state index is 0.0118. The number of aromatic nitrogens is 8. The second kappa shape index (κ2) is 6.99. The zero-order valence-corrected chi connectivity index (χ0v) is 15.2. The molecule has 1 aromatic carbocycles. The molecule has 0 aliphatic heterocycles. The molecule has 0 spiro atoms. The van der Waals surface area contributed by atoms with E-state index in [1.54, 1.807) is 23.0 Å². The molecule has 3 N–H and O–H groups in total. The Hall–Kier alpha value is -4.22. The number of nitrogens with one attached hydrogen (secondary N) is 1. The summed E-state index contributed by atoms with van der Waals surface area (Å²) < 4.78 is 31.7. The predicted octanol–water partition coefficient (Wildman–Crippen LogP) is 2.83. The molecule has 4 aromatic heterocycles. The molecular formula is C18H13F2N9O. The third-order valence-corrected chi connectivity index (χ3v) is 4.36. The van der Waals surface area contributed by atoms with Crippen molar-refractivity contribution >= 4 is 17.0 Å². The van der Waals surface area contributed by atoms with Crippen molar-refractivity contribution in [2.75, 3.05) is 5.73 Å². The fraction of sp³-hybridized carbons (Fsp3) is 0.111. The molecule has 0 aliphatic carbocycles. The summed E-state index contributed by atoms with van der Waals surface area (Å²) in [5, 5.41) is 15.2. The van der Waals surface area contributed by atoms with Gasteiger partial charge in [0.15, 0.2) is 5.95 Å². The first-order valence-corrected chi connectivity index (χ1v) is 8.78. The number of nitrogens with zero attached hydrogens (tertiary/aromatic N) is 7. The number of alkyl halides is 2. The molecule has 5 aromatic rings. The second-order valence-corrected chi connectivity index (χ2v) is 6.44. The maximum Gasteiger partial charge on any atom is 0.314 e. The molecule has 0 bridgehead atoms. The highest BCUT2D eigenvalue weighted by Gasteiger charge is 2.17. The van der Waals surface area contributed by atoms with Gasteiger partial charge in [-0.1, -0.05) is 11.3 Å². The van der Waals surface area contributed by atoms with Crippen LogP contribution in [-0.2, 0) is 6.54 Å². The zero-order valence-electron chi connectivity index (χ0n) is 15.2. The molecule has 150 valence electrons. The molecule has 0 amide bonds. The Labute approximate surface area is 166 Å². The Morgan fingerprint density at radius 3 is 2.73 bits per heavy atom. The van der Waals surface area contributed by atoms with E-state index < -0.39 is 12.3 Å². The summed E-state index contributed by atoms with van der Waals surface area (Å²) in [6, 6.07) is 9.04. The quantitative estimate of drug-likeness (QED) is 0.452. The van der Waals surface area contributed by atoms with Crippen molar-refractivity contribution in [3.8, 4) is 22.7 Å². The predicted molar refractivity (Wildman–Crippen MR) is 101 cm³/mol. The van der Waals surface area contributed by atoms with E-state index in [0.29, 0.717) is 29.4 Å². The third kappa shape index (κ3) is 3.34. The van der Waals surface area contributed by atoms with Gasteiger partial charge in [0.2, 0.25) is 5.89 Å². The van der Waals surface area contributed by atoms with Crippen LogP contribution in [0.15, 0.2) is 47.1 Å². The highest BCUT2D eigenvalue weighted by Crippen LogP contribution is 2.24. The SMILES string of the molecule is Nc1nc2ccc(-c3cn(Cc4ccc(-c5nnc(C(F)F)o5)cn4)nn3)cc2[nH]1. The lowest BCUT2D eigenvalue weighted by atomic mass is 10.1. The standard InChI is InChI=1S/C18H13F2N9O/c19-15(20)17-27-26-16(30-17)10-1-3-11(22-6-10)7-29-8-14(25-28-29)9-2-4-12-13(5-9)24-18(21)23-12/h1-6,8,15H,7H2,(H3,21,23,24). The first-order valence-electron chi connectivity index (χ1n) is 8.78. The van der Waals surface area contributed by atoms with E-state index in [1.165, 1.54) is 6.20 Å². The second-order valence-electron chi connectivity index (χ2n) is 6.44. The number of nitrogens with two attached hydrogens (primary N) is 1. The van der Waals surface area contributed by atoms with Crippen LogP contribution in [0.25, 0.3) is 33.7 Å². The number of anilines is 1. The molecule has 0 saturated carbocycles. The third-order valence-electron chi connectivity index (χ3n) is 4.36. The van der Waals surface area contributed by atoms with Crippen LogP contribution in [0.1, 0.15) is 18.0 Å². The lowest BCUT2D eigenvalue weighted by Crippen LogP contribution is -2.02. The van der Waals surface area contributed by atoms with E-state index in [-0.39, 0.29) is 5.89 Å². The van der Waals surface area contributed by atoms with E-state index in [0.717, 1.165) is 16.6 Å². The van der Waals surface area contributed by atoms with E-state index in [1.807, 2.05) is 18.2 Å². The summed E-state index contributed by atoms with van der Waals surface area (Å²) in [7, 11) is 0. The summed E-state index contributed by atoms with van der Waals surface area (Å²) in [4.78, 5) is 11.5. The van der Waals surface area contributed by atoms with Crippen molar-refractivity contribution in [1.82, 2.24) is 40.1 Å². The number of aromatic amines is 1. The molecular weight excluding hydrogens is 396 g/mol. The number of hydrogen-bond acceptors (Lipinski definition) is 8. The molecule has 0 atom stereocenters. The van der Waals surface area contributed by atoms with Crippen LogP contribution in [0.4, 0.5) is 14.7 Å². The molecule has 30 heavy (non-hydrogen) atoms. The topological polar surface area (TPSA) is 137 Å². The Morgan fingerprint density at radius 2 is 1.97 bits per heavy atom. The van der Waals surface area contributed by atoms with E-state index in [2.05, 4.69) is 35.5 Å². The van der Waals surface area contributed by atoms with Gasteiger partial charge in [0.25, 0.3) is 5.89 Å². The van der Waals surface area contributed by atoms with Crippen LogP contribution < -0.4 is 5.73 Å². The van der Waals surface area contributed by atoms with Gasteiger partial charge in [-0.15, -0.1) is 15.3 Å². The van der Waals surface area contributed by atoms with Crippen LogP contribution in [0.2, 0.25) is 0 Å². The van der Waals surface area contributed by atoms with Gasteiger partial charge in [0.05, 0.1) is 35.0 Å². The van der Waals surface area contributed by atoms with Gasteiger partial charge in [0, 0.05) is 11.8 Å². The number of H-pyrrole nitrogens is 1. The number of rotatable bonds is 5. The van der Waals surface area contributed by atoms with Crippen molar-refractivity contribution < 1.29 is 13.2 Å². The maximum atomic E-state index is 12.6. The molecule has 0 aliphatic rings. The summed E-state index contributed by atoms with van der Waals surface area (Å²) in [6.45, 7) is 0.374. The largest absolute Gasteiger partial charge is 0.415 e. The van der Waals surface area contributed by atoms with Crippen LogP contribution >= 0.6 is 0 Å². The minimum atomic E-state index is -2.81. The van der Waals surface area contributed by atoms with Crippen LogP contribution in [0.3, 0.4) is 0 Å². The highest BCUT2D eigenvalue weighted by atomic mass is 19.3. The monoisotopic (exact) mass is 409 g/mol. The van der Waals surface area contributed by atoms with Crippen molar-refractivity contribution in [3.05, 3.63) is 54.3 Å². The molecule has 0 fully saturated rings. The van der Waals surface area contributed by atoms with Crippen molar-refractivity contribution in [2.45, 2.75) is 13.0 Å². The number of nitrogen functional groups attached to an aromatic ring is 1. The number of hydrogen-bond donors (Lipinski definition) is 2. The molecule has 0 radical (unpaired) electrons. The number of pyridine rings is 1. The lowest BCUT2D eigenvalue weighted by molar-refractivity contribution is 0.116. The van der Waals surface area contributed by atoms with Crippen LogP contribution in [0.5, 0.6) is 0 Å². The summed E-state index contributed by atoms with van der Waals surface area (Å²) in [6.07, 6.45) is 0.460. The number of halogens is 2. The van der Waals surface area contributed by atoms with E-state index >= 15 is 0 Å². The number of imidazole rings is 1. The molecule has 5 rings (SSSR count). The first kappa shape index (κ1) is 17.8. The Morgan fingerprint density at radius 1 is 1.10 bits per heavy atom. The Bertz CT molecular complexity index is 1320. The summed E-state index contributed by atoms with van der Waals surface area (Å²) >= 11 is 0. The van der Waals surface area contributed by atoms with Gasteiger partial charge in [0.1, 0.15) is 5.69 Å². The fourth-order valence-corrected chi connectivity index (χ4v) is 2.95. The molecule has 12 heteroatoms. The van der Waals surface area contributed by atoms with Crippen molar-refractivity contribution in [1.29, 1.82) is 0 Å². The van der Waals surface area contributed by atoms with E-state index in [9.17, 15) is 8.78 Å². The zero-order chi connectivity index (χ0) is 20.7. The summed E-state index contributed by atoms with van der Waals surface area (Å²) in [5.74, 6) is -0.381. The smallest absolute Gasteiger partial charge is 0.314 e. The van der Waals surface area contributed by atoms with Gasteiger partial charge in [-0.05, 0) is 24.3 Å². The van der Waals surface area contributed by atoms with Gasteiger partial charge < -0.3 is 15.1 Å². The highest BCUT2D eigenvalue weighted by molar-refractivity contribution is 5.82. The lowest BCUT2D eigenvalue weighted by Gasteiger charge is -2.01. The maximum absolute atomic E-state index is 12.6. The molecule has 4 heterocycles.